The highest BCUT2D eigenvalue weighted by Crippen LogP contribution is 2.32. The molecule has 256 valence electrons. The lowest BCUT2D eigenvalue weighted by molar-refractivity contribution is 0.0181. The van der Waals surface area contributed by atoms with Crippen molar-refractivity contribution in [2.75, 3.05) is 42.8 Å². The van der Waals surface area contributed by atoms with Crippen LogP contribution in [0.1, 0.15) is 52.9 Å². The smallest absolute Gasteiger partial charge is 0.410 e. The molecule has 0 bridgehead atoms. The van der Waals surface area contributed by atoms with Crippen LogP contribution in [0.3, 0.4) is 0 Å². The Kier molecular flexibility index (Phi) is 10.0. The Morgan fingerprint density at radius 3 is 2.51 bits per heavy atom. The van der Waals surface area contributed by atoms with Gasteiger partial charge in [0, 0.05) is 51.4 Å². The fraction of sp³-hybridized carbons (Fsp3) is 0.548. The molecule has 2 fully saturated rings. The summed E-state index contributed by atoms with van der Waals surface area (Å²) in [7, 11) is -2.90. The molecule has 2 aromatic heterocycles. The molecule has 2 saturated heterocycles. The fourth-order valence-corrected chi connectivity index (χ4v) is 7.09. The van der Waals surface area contributed by atoms with Crippen molar-refractivity contribution in [2.45, 2.75) is 64.6 Å². The summed E-state index contributed by atoms with van der Waals surface area (Å²) in [5.41, 5.74) is -2.67. The zero-order valence-corrected chi connectivity index (χ0v) is 27.7. The predicted octanol–water partition coefficient (Wildman–Crippen LogP) is 4.81. The lowest BCUT2D eigenvalue weighted by atomic mass is 9.92. The number of benzene rings is 1. The van der Waals surface area contributed by atoms with E-state index in [1.165, 1.54) is 19.3 Å². The zero-order valence-electron chi connectivity index (χ0n) is 26.9. The van der Waals surface area contributed by atoms with E-state index in [1.807, 2.05) is 20.8 Å². The van der Waals surface area contributed by atoms with Gasteiger partial charge >= 0.3 is 16.3 Å². The summed E-state index contributed by atoms with van der Waals surface area (Å²) < 4.78 is 79.1. The number of likely N-dealkylation sites (tertiary alicyclic amines) is 1. The van der Waals surface area contributed by atoms with Gasteiger partial charge in [-0.1, -0.05) is 0 Å². The van der Waals surface area contributed by atoms with Crippen LogP contribution in [0.2, 0.25) is 0 Å². The molecule has 0 unspecified atom stereocenters. The minimum Gasteiger partial charge on any atom is -0.444 e. The summed E-state index contributed by atoms with van der Waals surface area (Å²) in [6, 6.07) is 3.03. The molecule has 2 N–H and O–H groups in total. The molecule has 3 aromatic rings. The topological polar surface area (TPSA) is 139 Å². The number of piperidine rings is 1. The Bertz CT molecular complexity index is 1810. The summed E-state index contributed by atoms with van der Waals surface area (Å²) >= 11 is 0. The van der Waals surface area contributed by atoms with Crippen molar-refractivity contribution in [3.05, 3.63) is 46.4 Å². The van der Waals surface area contributed by atoms with Crippen molar-refractivity contribution in [3.63, 3.8) is 0 Å². The molecule has 1 atom stereocenters. The first kappa shape index (κ1) is 34.4. The first-order valence-corrected chi connectivity index (χ1v) is 17.1. The van der Waals surface area contributed by atoms with Crippen LogP contribution in [0.5, 0.6) is 0 Å². The molecule has 0 aliphatic carbocycles. The summed E-state index contributed by atoms with van der Waals surface area (Å²) in [5, 5.41) is 3.49. The molecular formula is C31H40F3N7O5S. The van der Waals surface area contributed by atoms with Gasteiger partial charge in [-0.2, -0.15) is 17.7 Å². The quantitative estimate of drug-likeness (QED) is 0.308. The van der Waals surface area contributed by atoms with Crippen molar-refractivity contribution in [3.8, 4) is 11.1 Å². The summed E-state index contributed by atoms with van der Waals surface area (Å²) in [6.07, 6.45) is 3.41. The second kappa shape index (κ2) is 13.7. The Balaban J connectivity index is 1.24. The van der Waals surface area contributed by atoms with E-state index in [-0.39, 0.29) is 42.8 Å². The molecule has 4 heterocycles. The van der Waals surface area contributed by atoms with Crippen LogP contribution >= 0.6 is 0 Å². The molecule has 2 aliphatic rings. The molecule has 1 amide bonds. The number of anilines is 2. The van der Waals surface area contributed by atoms with Crippen molar-refractivity contribution in [1.82, 2.24) is 23.7 Å². The number of alkyl halides is 1. The van der Waals surface area contributed by atoms with Gasteiger partial charge in [0.25, 0.3) is 5.56 Å². The van der Waals surface area contributed by atoms with E-state index in [0.29, 0.717) is 30.9 Å². The minimum absolute atomic E-state index is 0.0165. The van der Waals surface area contributed by atoms with Gasteiger partial charge in [-0.25, -0.2) is 22.9 Å². The van der Waals surface area contributed by atoms with Gasteiger partial charge in [0.1, 0.15) is 23.2 Å². The van der Waals surface area contributed by atoms with Gasteiger partial charge in [-0.3, -0.25) is 14.1 Å². The van der Waals surface area contributed by atoms with E-state index in [1.54, 1.807) is 4.90 Å². The van der Waals surface area contributed by atoms with Crippen molar-refractivity contribution < 1.29 is 31.1 Å². The summed E-state index contributed by atoms with van der Waals surface area (Å²) in [6.45, 7) is 6.98. The Labute approximate surface area is 271 Å². The SMILES string of the molecule is Cn1c(=O)c(-c2c(F)ccc(NS(=O)(=O)N3CC[C@@H](F)C3)c2F)cc2cnc(NCCCC3CCN(C(=O)OC(C)(C)C)CC3)nc21. The number of aromatic nitrogens is 3. The second-order valence-corrected chi connectivity index (χ2v) is 14.7. The number of pyridine rings is 1. The maximum absolute atomic E-state index is 15.6. The van der Waals surface area contributed by atoms with Gasteiger partial charge in [-0.05, 0) is 77.0 Å². The monoisotopic (exact) mass is 679 g/mol. The maximum atomic E-state index is 15.6. The van der Waals surface area contributed by atoms with E-state index in [9.17, 15) is 22.4 Å². The lowest BCUT2D eigenvalue weighted by Crippen LogP contribution is -2.41. The number of fused-ring (bicyclic) bond motifs is 1. The molecule has 0 spiro atoms. The van der Waals surface area contributed by atoms with Crippen molar-refractivity contribution in [2.24, 2.45) is 13.0 Å². The minimum atomic E-state index is -4.31. The average molecular weight is 680 g/mol. The van der Waals surface area contributed by atoms with Crippen LogP contribution in [-0.4, -0.2) is 82.7 Å². The number of rotatable bonds is 9. The van der Waals surface area contributed by atoms with Crippen LogP contribution in [0, 0.1) is 17.6 Å². The highest BCUT2D eigenvalue weighted by molar-refractivity contribution is 7.90. The summed E-state index contributed by atoms with van der Waals surface area (Å²) in [5.74, 6) is -1.59. The molecule has 16 heteroatoms. The van der Waals surface area contributed by atoms with Crippen LogP contribution in [0.25, 0.3) is 22.2 Å². The number of amides is 1. The van der Waals surface area contributed by atoms with Crippen LogP contribution in [0.4, 0.5) is 29.6 Å². The molecule has 0 radical (unpaired) electrons. The molecule has 12 nitrogen and oxygen atoms in total. The standard InChI is InChI=1S/C31H40F3N7O5S/c1-31(2,3)46-30(43)40-13-9-19(10-14-40)6-5-12-35-29-36-17-20-16-22(28(42)39(4)27(20)37-29)25-23(33)7-8-24(26(25)34)38-47(44,45)41-15-11-21(32)18-41/h7-8,16-17,19,21,38H,5-6,9-15,18H2,1-4H3,(H,35,36,37)/t21-/m1/s1. The fourth-order valence-electron chi connectivity index (χ4n) is 5.82. The molecular weight excluding hydrogens is 639 g/mol. The highest BCUT2D eigenvalue weighted by atomic mass is 32.2. The zero-order chi connectivity index (χ0) is 34.1. The number of nitrogens with zero attached hydrogens (tertiary/aromatic N) is 5. The van der Waals surface area contributed by atoms with Gasteiger partial charge in [0.2, 0.25) is 5.95 Å². The molecule has 5 rings (SSSR count). The number of nitrogens with one attached hydrogen (secondary N) is 2. The first-order chi connectivity index (χ1) is 22.1. The highest BCUT2D eigenvalue weighted by Gasteiger charge is 2.33. The predicted molar refractivity (Wildman–Crippen MR) is 172 cm³/mol. The number of carbonyl (C=O) groups excluding carboxylic acids is 1. The summed E-state index contributed by atoms with van der Waals surface area (Å²) in [4.78, 5) is 36.1. The molecule has 1 aromatic carbocycles. The van der Waals surface area contributed by atoms with Crippen LogP contribution in [-0.2, 0) is 22.0 Å². The van der Waals surface area contributed by atoms with Gasteiger partial charge in [0.05, 0.1) is 16.8 Å². The van der Waals surface area contributed by atoms with E-state index in [2.05, 4.69) is 20.0 Å². The largest absolute Gasteiger partial charge is 0.444 e. The normalized spacial score (nSPS) is 18.1. The Hall–Kier alpha value is -3.92. The lowest BCUT2D eigenvalue weighted by Gasteiger charge is -2.33. The van der Waals surface area contributed by atoms with Crippen LogP contribution < -0.4 is 15.6 Å². The van der Waals surface area contributed by atoms with E-state index in [4.69, 9.17) is 4.74 Å². The average Bonchev–Trinajstić information content (AvgIpc) is 3.46. The maximum Gasteiger partial charge on any atom is 0.410 e. The number of ether oxygens (including phenoxy) is 1. The van der Waals surface area contributed by atoms with E-state index >= 15 is 8.78 Å². The first-order valence-electron chi connectivity index (χ1n) is 15.6. The number of hydrogen-bond donors (Lipinski definition) is 2. The molecule has 47 heavy (non-hydrogen) atoms. The van der Waals surface area contributed by atoms with Gasteiger partial charge in [0.15, 0.2) is 5.82 Å². The molecule has 0 saturated carbocycles. The number of hydrogen-bond acceptors (Lipinski definition) is 8. The third-order valence-corrected chi connectivity index (χ3v) is 9.81. The third-order valence-electron chi connectivity index (χ3n) is 8.32. The Morgan fingerprint density at radius 2 is 1.85 bits per heavy atom. The number of carbonyl (C=O) groups is 1. The Morgan fingerprint density at radius 1 is 1.13 bits per heavy atom. The number of aryl methyl sites for hydroxylation is 1. The van der Waals surface area contributed by atoms with E-state index < -0.39 is 50.4 Å². The third kappa shape index (κ3) is 7.97. The molecule has 2 aliphatic heterocycles. The van der Waals surface area contributed by atoms with Crippen molar-refractivity contribution in [1.29, 1.82) is 0 Å². The number of halogens is 3. The van der Waals surface area contributed by atoms with Crippen LogP contribution in [0.15, 0.2) is 29.2 Å². The second-order valence-electron chi connectivity index (χ2n) is 13.0. The van der Waals surface area contributed by atoms with Gasteiger partial charge < -0.3 is 15.0 Å². The van der Waals surface area contributed by atoms with E-state index in [0.717, 1.165) is 46.7 Å². The van der Waals surface area contributed by atoms with Crippen molar-refractivity contribution >= 4 is 39.0 Å². The van der Waals surface area contributed by atoms with Gasteiger partial charge in [-0.15, -0.1) is 0 Å².